The molecule has 2 amide bonds. The maximum atomic E-state index is 12.4. The van der Waals surface area contributed by atoms with Gasteiger partial charge in [-0.3, -0.25) is 9.59 Å². The van der Waals surface area contributed by atoms with E-state index in [1.165, 1.54) is 21.8 Å². The average Bonchev–Trinajstić information content (AvgIpc) is 3.16. The second kappa shape index (κ2) is 8.14. The minimum Gasteiger partial charge on any atom is -0.347 e. The fourth-order valence-electron chi connectivity index (χ4n) is 2.50. The van der Waals surface area contributed by atoms with Gasteiger partial charge in [-0.1, -0.05) is 42.0 Å². The number of nitrogens with one attached hydrogen (secondary N) is 1. The predicted molar refractivity (Wildman–Crippen MR) is 108 cm³/mol. The number of nitrogens with zero attached hydrogens (tertiary/aromatic N) is 2. The molecule has 0 saturated carbocycles. The van der Waals surface area contributed by atoms with Crippen LogP contribution in [0.2, 0.25) is 0 Å². The zero-order valence-electron chi connectivity index (χ0n) is 15.5. The number of benzene rings is 2. The van der Waals surface area contributed by atoms with E-state index >= 15 is 0 Å². The summed E-state index contributed by atoms with van der Waals surface area (Å²) >= 11 is 1.45. The van der Waals surface area contributed by atoms with Gasteiger partial charge in [0.15, 0.2) is 0 Å². The first-order valence-electron chi connectivity index (χ1n) is 8.55. The first kappa shape index (κ1) is 18.8. The summed E-state index contributed by atoms with van der Waals surface area (Å²) in [5.41, 5.74) is 4.15. The van der Waals surface area contributed by atoms with Crippen LogP contribution in [0.1, 0.15) is 32.0 Å². The molecular formula is C21H21N3O2S. The molecule has 0 spiro atoms. The summed E-state index contributed by atoms with van der Waals surface area (Å²) in [4.78, 5) is 30.2. The first-order chi connectivity index (χ1) is 12.9. The Labute approximate surface area is 162 Å². The lowest BCUT2D eigenvalue weighted by Gasteiger charge is -2.10. The average molecular weight is 379 g/mol. The Morgan fingerprint density at radius 1 is 1.04 bits per heavy atom. The summed E-state index contributed by atoms with van der Waals surface area (Å²) in [6.45, 7) is 2.42. The van der Waals surface area contributed by atoms with Gasteiger partial charge in [-0.25, -0.2) is 4.98 Å². The molecule has 0 aliphatic carbocycles. The highest BCUT2D eigenvalue weighted by Crippen LogP contribution is 2.24. The Morgan fingerprint density at radius 3 is 2.33 bits per heavy atom. The van der Waals surface area contributed by atoms with Crippen LogP contribution in [0.3, 0.4) is 0 Å². The molecule has 0 atom stereocenters. The molecule has 27 heavy (non-hydrogen) atoms. The predicted octanol–water partition coefficient (Wildman–Crippen LogP) is 3.75. The van der Waals surface area contributed by atoms with Crippen LogP contribution < -0.4 is 5.32 Å². The minimum atomic E-state index is -0.210. The van der Waals surface area contributed by atoms with Crippen LogP contribution >= 0.6 is 11.3 Å². The van der Waals surface area contributed by atoms with Crippen LogP contribution in [0, 0.1) is 6.92 Å². The molecule has 0 aliphatic heterocycles. The minimum absolute atomic E-state index is 0.0447. The number of aromatic nitrogens is 1. The normalized spacial score (nSPS) is 10.5. The second-order valence-corrected chi connectivity index (χ2v) is 7.34. The lowest BCUT2D eigenvalue weighted by molar-refractivity contribution is 0.0827. The van der Waals surface area contributed by atoms with E-state index in [0.29, 0.717) is 17.8 Å². The lowest BCUT2D eigenvalue weighted by atomic mass is 10.1. The van der Waals surface area contributed by atoms with Crippen LogP contribution in [0.5, 0.6) is 0 Å². The summed E-state index contributed by atoms with van der Waals surface area (Å²) in [7, 11) is 3.43. The number of carbonyl (C=O) groups excluding carboxylic acids is 2. The van der Waals surface area contributed by atoms with Crippen molar-refractivity contribution in [1.29, 1.82) is 0 Å². The molecule has 0 aliphatic rings. The highest BCUT2D eigenvalue weighted by molar-refractivity contribution is 7.13. The largest absolute Gasteiger partial charge is 0.347 e. The number of carbonyl (C=O) groups is 2. The SMILES string of the molecule is Cc1ccc(-c2nc(C(=O)NCc3ccc(C(=O)N(C)C)cc3)cs2)cc1. The maximum Gasteiger partial charge on any atom is 0.271 e. The van der Waals surface area contributed by atoms with E-state index in [2.05, 4.69) is 10.3 Å². The number of hydrogen-bond donors (Lipinski definition) is 1. The topological polar surface area (TPSA) is 62.3 Å². The summed E-state index contributed by atoms with van der Waals surface area (Å²) in [5, 5.41) is 5.46. The molecule has 0 saturated heterocycles. The van der Waals surface area contributed by atoms with E-state index in [0.717, 1.165) is 16.1 Å². The summed E-state index contributed by atoms with van der Waals surface area (Å²) in [6, 6.07) is 15.3. The van der Waals surface area contributed by atoms with Crippen molar-refractivity contribution >= 4 is 23.2 Å². The molecule has 138 valence electrons. The third kappa shape index (κ3) is 4.60. The van der Waals surface area contributed by atoms with E-state index in [1.54, 1.807) is 31.6 Å². The van der Waals surface area contributed by atoms with Crippen LogP contribution in [0.15, 0.2) is 53.9 Å². The van der Waals surface area contributed by atoms with Gasteiger partial charge in [-0.15, -0.1) is 11.3 Å². The highest BCUT2D eigenvalue weighted by Gasteiger charge is 2.12. The van der Waals surface area contributed by atoms with Gasteiger partial charge >= 0.3 is 0 Å². The molecular weight excluding hydrogens is 358 g/mol. The van der Waals surface area contributed by atoms with E-state index in [1.807, 2.05) is 43.3 Å². The van der Waals surface area contributed by atoms with Crippen LogP contribution in [0.4, 0.5) is 0 Å². The van der Waals surface area contributed by atoms with Crippen LogP contribution in [-0.2, 0) is 6.54 Å². The molecule has 0 radical (unpaired) electrons. The molecule has 0 fully saturated rings. The monoisotopic (exact) mass is 379 g/mol. The molecule has 3 rings (SSSR count). The number of aryl methyl sites for hydroxylation is 1. The van der Waals surface area contributed by atoms with Crippen LogP contribution in [0.25, 0.3) is 10.6 Å². The van der Waals surface area contributed by atoms with E-state index in [-0.39, 0.29) is 11.8 Å². The quantitative estimate of drug-likeness (QED) is 0.734. The molecule has 6 heteroatoms. The molecule has 1 N–H and O–H groups in total. The summed E-state index contributed by atoms with van der Waals surface area (Å²) in [5.74, 6) is -0.255. The van der Waals surface area contributed by atoms with Crippen LogP contribution in [-0.4, -0.2) is 35.8 Å². The first-order valence-corrected chi connectivity index (χ1v) is 9.43. The fraction of sp³-hybridized carbons (Fsp3) is 0.190. The Balaban J connectivity index is 1.61. The van der Waals surface area contributed by atoms with Gasteiger partial charge in [-0.2, -0.15) is 0 Å². The molecule has 2 aromatic carbocycles. The van der Waals surface area contributed by atoms with Crippen molar-refractivity contribution in [3.63, 3.8) is 0 Å². The number of thiazole rings is 1. The maximum absolute atomic E-state index is 12.4. The van der Waals surface area contributed by atoms with E-state index in [4.69, 9.17) is 0 Å². The van der Waals surface area contributed by atoms with Gasteiger partial charge in [0.05, 0.1) is 0 Å². The van der Waals surface area contributed by atoms with Gasteiger partial charge in [0.25, 0.3) is 11.8 Å². The lowest BCUT2D eigenvalue weighted by Crippen LogP contribution is -2.23. The van der Waals surface area contributed by atoms with Gasteiger partial charge in [0.2, 0.25) is 0 Å². The Kier molecular flexibility index (Phi) is 5.66. The number of rotatable bonds is 5. The zero-order chi connectivity index (χ0) is 19.4. The Hall–Kier alpha value is -2.99. The molecule has 1 aromatic heterocycles. The van der Waals surface area contributed by atoms with Crippen molar-refractivity contribution < 1.29 is 9.59 Å². The van der Waals surface area contributed by atoms with Gasteiger partial charge in [-0.05, 0) is 24.6 Å². The summed E-state index contributed by atoms with van der Waals surface area (Å²) in [6.07, 6.45) is 0. The Morgan fingerprint density at radius 2 is 1.70 bits per heavy atom. The van der Waals surface area contributed by atoms with E-state index in [9.17, 15) is 9.59 Å². The molecule has 0 unspecified atom stereocenters. The molecule has 5 nitrogen and oxygen atoms in total. The molecule has 3 aromatic rings. The van der Waals surface area contributed by atoms with Gasteiger partial charge in [0, 0.05) is 37.1 Å². The fourth-order valence-corrected chi connectivity index (χ4v) is 3.31. The van der Waals surface area contributed by atoms with E-state index < -0.39 is 0 Å². The smallest absolute Gasteiger partial charge is 0.271 e. The molecule has 1 heterocycles. The van der Waals surface area contributed by atoms with Gasteiger partial charge < -0.3 is 10.2 Å². The van der Waals surface area contributed by atoms with Crippen molar-refractivity contribution in [1.82, 2.24) is 15.2 Å². The number of amides is 2. The molecule has 0 bridgehead atoms. The van der Waals surface area contributed by atoms with Crippen molar-refractivity contribution in [2.45, 2.75) is 13.5 Å². The van der Waals surface area contributed by atoms with Crippen molar-refractivity contribution in [2.75, 3.05) is 14.1 Å². The second-order valence-electron chi connectivity index (χ2n) is 6.48. The highest BCUT2D eigenvalue weighted by atomic mass is 32.1. The van der Waals surface area contributed by atoms with Crippen molar-refractivity contribution in [2.24, 2.45) is 0 Å². The van der Waals surface area contributed by atoms with Gasteiger partial charge in [0.1, 0.15) is 10.7 Å². The summed E-state index contributed by atoms with van der Waals surface area (Å²) < 4.78 is 0. The zero-order valence-corrected chi connectivity index (χ0v) is 16.3. The third-order valence-corrected chi connectivity index (χ3v) is 4.99. The standard InChI is InChI=1S/C21H21N3O2S/c1-14-4-8-16(9-5-14)20-23-18(13-27-20)19(25)22-12-15-6-10-17(11-7-15)21(26)24(2)3/h4-11,13H,12H2,1-3H3,(H,22,25). The number of hydrogen-bond acceptors (Lipinski definition) is 4. The Bertz CT molecular complexity index is 944. The van der Waals surface area contributed by atoms with Crippen molar-refractivity contribution in [3.8, 4) is 10.6 Å². The third-order valence-electron chi connectivity index (χ3n) is 4.10. The van der Waals surface area contributed by atoms with Crippen molar-refractivity contribution in [3.05, 3.63) is 76.3 Å².